The van der Waals surface area contributed by atoms with Crippen molar-refractivity contribution < 1.29 is 4.79 Å². The second-order valence-electron chi connectivity index (χ2n) is 4.03. The van der Waals surface area contributed by atoms with Gasteiger partial charge < -0.3 is 0 Å². The molecule has 0 aliphatic heterocycles. The summed E-state index contributed by atoms with van der Waals surface area (Å²) in [5.41, 5.74) is 2.17. The van der Waals surface area contributed by atoms with Gasteiger partial charge in [-0.2, -0.15) is 5.10 Å². The molecule has 94 valence electrons. The van der Waals surface area contributed by atoms with Crippen LogP contribution < -0.4 is 0 Å². The summed E-state index contributed by atoms with van der Waals surface area (Å²) in [6.45, 7) is 1.99. The van der Waals surface area contributed by atoms with Crippen LogP contribution in [0.5, 0.6) is 0 Å². The van der Waals surface area contributed by atoms with Crippen LogP contribution in [0.1, 0.15) is 28.7 Å². The summed E-state index contributed by atoms with van der Waals surface area (Å²) in [5, 5.41) is 4.89. The van der Waals surface area contributed by atoms with E-state index in [0.717, 1.165) is 17.8 Å². The van der Waals surface area contributed by atoms with Crippen molar-refractivity contribution in [3.05, 3.63) is 46.5 Å². The lowest BCUT2D eigenvalue weighted by molar-refractivity contribution is 0.0990. The third-order valence-electron chi connectivity index (χ3n) is 2.81. The number of nitrogens with zero attached hydrogens (tertiary/aromatic N) is 3. The van der Waals surface area contributed by atoms with Crippen LogP contribution in [0.3, 0.4) is 0 Å². The van der Waals surface area contributed by atoms with Gasteiger partial charge in [-0.05, 0) is 18.6 Å². The van der Waals surface area contributed by atoms with E-state index >= 15 is 0 Å². The van der Waals surface area contributed by atoms with Crippen molar-refractivity contribution in [2.45, 2.75) is 19.8 Å². The predicted octanol–water partition coefficient (Wildman–Crippen LogP) is 2.46. The first-order chi connectivity index (χ1) is 8.63. The van der Waals surface area contributed by atoms with E-state index in [1.54, 1.807) is 36.3 Å². The fourth-order valence-corrected chi connectivity index (χ4v) is 2.15. The largest absolute Gasteiger partial charge is 0.294 e. The molecule has 0 unspecified atom stereocenters. The second kappa shape index (κ2) is 5.31. The fraction of sp³-hybridized carbons (Fsp3) is 0.308. The monoisotopic (exact) mass is 263 g/mol. The maximum Gasteiger partial charge on any atom is 0.170 e. The van der Waals surface area contributed by atoms with E-state index in [9.17, 15) is 4.79 Å². The molecule has 0 aliphatic rings. The number of carbonyl (C=O) groups excluding carboxylic acids is 1. The molecule has 4 nitrogen and oxygen atoms in total. The van der Waals surface area contributed by atoms with Crippen LogP contribution in [0.4, 0.5) is 0 Å². The predicted molar refractivity (Wildman–Crippen MR) is 69.9 cm³/mol. The lowest BCUT2D eigenvalue weighted by atomic mass is 10.1. The lowest BCUT2D eigenvalue weighted by Gasteiger charge is -2.02. The molecule has 2 rings (SSSR count). The van der Waals surface area contributed by atoms with E-state index < -0.39 is 0 Å². The molecule has 0 fully saturated rings. The average molecular weight is 264 g/mol. The van der Waals surface area contributed by atoms with Gasteiger partial charge in [-0.15, -0.1) is 0 Å². The molecule has 5 heteroatoms. The quantitative estimate of drug-likeness (QED) is 0.796. The first-order valence-corrected chi connectivity index (χ1v) is 6.14. The summed E-state index contributed by atoms with van der Waals surface area (Å²) in [4.78, 5) is 16.0. The van der Waals surface area contributed by atoms with Gasteiger partial charge in [0.25, 0.3) is 0 Å². The smallest absolute Gasteiger partial charge is 0.170 e. The zero-order valence-corrected chi connectivity index (χ0v) is 11.1. The van der Waals surface area contributed by atoms with Gasteiger partial charge >= 0.3 is 0 Å². The maximum absolute atomic E-state index is 12.1. The zero-order valence-electron chi connectivity index (χ0n) is 10.4. The number of carbonyl (C=O) groups is 1. The molecule has 0 atom stereocenters. The number of aryl methyl sites for hydroxylation is 2. The maximum atomic E-state index is 12.1. The Balaban J connectivity index is 2.25. The van der Waals surface area contributed by atoms with Crippen LogP contribution in [0.25, 0.3) is 0 Å². The van der Waals surface area contributed by atoms with Gasteiger partial charge in [-0.25, -0.2) is 0 Å². The molecule has 2 aromatic rings. The minimum absolute atomic E-state index is 0.00402. The van der Waals surface area contributed by atoms with Gasteiger partial charge in [-0.3, -0.25) is 14.5 Å². The molecule has 18 heavy (non-hydrogen) atoms. The molecule has 0 saturated carbocycles. The van der Waals surface area contributed by atoms with Crippen molar-refractivity contribution in [1.29, 1.82) is 0 Å². The van der Waals surface area contributed by atoms with Gasteiger partial charge in [0.05, 0.1) is 22.8 Å². The second-order valence-corrected chi connectivity index (χ2v) is 4.40. The third-order valence-corrected chi connectivity index (χ3v) is 3.25. The number of rotatable bonds is 4. The Morgan fingerprint density at radius 3 is 2.83 bits per heavy atom. The summed E-state index contributed by atoms with van der Waals surface area (Å²) in [7, 11) is 1.80. The minimum Gasteiger partial charge on any atom is -0.294 e. The summed E-state index contributed by atoms with van der Waals surface area (Å²) in [6, 6.07) is 3.50. The van der Waals surface area contributed by atoms with Gasteiger partial charge in [0, 0.05) is 25.0 Å². The molecule has 0 spiro atoms. The number of hydrogen-bond donors (Lipinski definition) is 0. The summed E-state index contributed by atoms with van der Waals surface area (Å²) in [5.74, 6) is -0.00402. The van der Waals surface area contributed by atoms with E-state index in [-0.39, 0.29) is 12.2 Å². The van der Waals surface area contributed by atoms with Crippen molar-refractivity contribution in [2.75, 3.05) is 0 Å². The van der Waals surface area contributed by atoms with Crippen molar-refractivity contribution in [1.82, 2.24) is 14.8 Å². The number of pyridine rings is 1. The van der Waals surface area contributed by atoms with Crippen LogP contribution in [-0.2, 0) is 19.9 Å². The summed E-state index contributed by atoms with van der Waals surface area (Å²) >= 11 is 6.21. The van der Waals surface area contributed by atoms with Crippen LogP contribution in [0, 0.1) is 0 Å². The molecular formula is C13H14ClN3O. The first kappa shape index (κ1) is 12.8. The zero-order chi connectivity index (χ0) is 13.1. The highest BCUT2D eigenvalue weighted by atomic mass is 35.5. The van der Waals surface area contributed by atoms with Crippen molar-refractivity contribution in [2.24, 2.45) is 7.05 Å². The fourth-order valence-electron chi connectivity index (χ4n) is 1.79. The minimum atomic E-state index is -0.00402. The summed E-state index contributed by atoms with van der Waals surface area (Å²) in [6.07, 6.45) is 4.21. The third kappa shape index (κ3) is 2.43. The van der Waals surface area contributed by atoms with Crippen LogP contribution in [0.15, 0.2) is 24.5 Å². The Morgan fingerprint density at radius 2 is 2.28 bits per heavy atom. The van der Waals surface area contributed by atoms with Crippen LogP contribution >= 0.6 is 11.6 Å². The van der Waals surface area contributed by atoms with E-state index in [4.69, 9.17) is 11.6 Å². The Hall–Kier alpha value is -1.68. The molecule has 2 aromatic heterocycles. The van der Waals surface area contributed by atoms with Crippen LogP contribution in [0.2, 0.25) is 5.02 Å². The van der Waals surface area contributed by atoms with E-state index in [1.807, 2.05) is 6.92 Å². The molecule has 0 amide bonds. The average Bonchev–Trinajstić information content (AvgIpc) is 2.67. The summed E-state index contributed by atoms with van der Waals surface area (Å²) < 4.78 is 1.68. The van der Waals surface area contributed by atoms with Crippen molar-refractivity contribution >= 4 is 17.4 Å². The van der Waals surface area contributed by atoms with E-state index in [0.29, 0.717) is 10.6 Å². The van der Waals surface area contributed by atoms with Crippen molar-refractivity contribution in [3.8, 4) is 0 Å². The molecule has 0 aliphatic carbocycles. The van der Waals surface area contributed by atoms with Crippen LogP contribution in [-0.4, -0.2) is 20.5 Å². The molecular weight excluding hydrogens is 250 g/mol. The molecule has 0 radical (unpaired) electrons. The number of ketones is 1. The number of Topliss-reactive ketones (excluding diaryl/α,β-unsaturated/α-hetero) is 1. The van der Waals surface area contributed by atoms with Gasteiger partial charge in [0.2, 0.25) is 0 Å². The Labute approximate surface area is 111 Å². The highest BCUT2D eigenvalue weighted by Gasteiger charge is 2.17. The Bertz CT molecular complexity index is 563. The SMILES string of the molecule is CCc1nn(C)c(CC(=O)c2cccnc2)c1Cl. The van der Waals surface area contributed by atoms with Gasteiger partial charge in [0.1, 0.15) is 0 Å². The highest BCUT2D eigenvalue weighted by molar-refractivity contribution is 6.32. The van der Waals surface area contributed by atoms with E-state index in [2.05, 4.69) is 10.1 Å². The Morgan fingerprint density at radius 1 is 1.50 bits per heavy atom. The first-order valence-electron chi connectivity index (χ1n) is 5.77. The normalized spacial score (nSPS) is 10.6. The topological polar surface area (TPSA) is 47.8 Å². The number of halogens is 1. The molecule has 0 bridgehead atoms. The van der Waals surface area contributed by atoms with Crippen molar-refractivity contribution in [3.63, 3.8) is 0 Å². The Kier molecular flexibility index (Phi) is 3.77. The highest BCUT2D eigenvalue weighted by Crippen LogP contribution is 2.22. The molecule has 0 aromatic carbocycles. The number of hydrogen-bond acceptors (Lipinski definition) is 3. The lowest BCUT2D eigenvalue weighted by Crippen LogP contribution is -2.08. The van der Waals surface area contributed by atoms with Gasteiger partial charge in [-0.1, -0.05) is 18.5 Å². The van der Waals surface area contributed by atoms with E-state index in [1.165, 1.54) is 0 Å². The molecule has 2 heterocycles. The molecule has 0 saturated heterocycles. The van der Waals surface area contributed by atoms with Gasteiger partial charge in [0.15, 0.2) is 5.78 Å². The standard InChI is InChI=1S/C13H14ClN3O/c1-3-10-13(14)11(17(2)16-10)7-12(18)9-5-4-6-15-8-9/h4-6,8H,3,7H2,1-2H3. The number of aromatic nitrogens is 3. The molecule has 0 N–H and O–H groups in total.